The van der Waals surface area contributed by atoms with Gasteiger partial charge in [0.1, 0.15) is 6.04 Å². The molecule has 3 N–H and O–H groups in total. The standard InChI is InChI=1S/C12H26N3O5P/c1-5-15(12(17)20-7-3)21(18,9-8-13)14-10(4)11(16)19-6-2/h10H,5-9,13H2,1-4H3,(H,14,18). The maximum atomic E-state index is 13.0. The van der Waals surface area contributed by atoms with Crippen molar-refractivity contribution in [2.45, 2.75) is 33.7 Å². The fourth-order valence-electron chi connectivity index (χ4n) is 1.74. The lowest BCUT2D eigenvalue weighted by Crippen LogP contribution is -2.42. The van der Waals surface area contributed by atoms with Gasteiger partial charge in [-0.2, -0.15) is 0 Å². The van der Waals surface area contributed by atoms with Crippen LogP contribution < -0.4 is 10.8 Å². The highest BCUT2D eigenvalue weighted by Gasteiger charge is 2.36. The highest BCUT2D eigenvalue weighted by atomic mass is 31.2. The zero-order valence-electron chi connectivity index (χ0n) is 13.1. The summed E-state index contributed by atoms with van der Waals surface area (Å²) in [6.07, 6.45) is -0.649. The molecule has 2 atom stereocenters. The van der Waals surface area contributed by atoms with Crippen molar-refractivity contribution < 1.29 is 23.6 Å². The average molecular weight is 323 g/mol. The van der Waals surface area contributed by atoms with Gasteiger partial charge in [-0.3, -0.25) is 9.36 Å². The third-order valence-corrected chi connectivity index (χ3v) is 5.52. The van der Waals surface area contributed by atoms with E-state index < -0.39 is 25.5 Å². The number of hydrogen-bond acceptors (Lipinski definition) is 6. The second-order valence-corrected chi connectivity index (χ2v) is 6.82. The SMILES string of the molecule is CCOC(=O)C(C)NP(=O)(CCN)N(CC)C(=O)OCC. The summed E-state index contributed by atoms with van der Waals surface area (Å²) >= 11 is 0. The van der Waals surface area contributed by atoms with E-state index in [9.17, 15) is 14.2 Å². The molecule has 0 aromatic heterocycles. The van der Waals surface area contributed by atoms with Crippen LogP contribution in [0.4, 0.5) is 4.79 Å². The van der Waals surface area contributed by atoms with Gasteiger partial charge in [0.15, 0.2) is 0 Å². The Labute approximate surface area is 125 Å². The Morgan fingerprint density at radius 2 is 1.81 bits per heavy atom. The number of carbonyl (C=O) groups is 2. The van der Waals surface area contributed by atoms with Crippen molar-refractivity contribution in [1.29, 1.82) is 0 Å². The van der Waals surface area contributed by atoms with Crippen LogP contribution in [-0.2, 0) is 18.8 Å². The minimum absolute atomic E-state index is 0.0450. The van der Waals surface area contributed by atoms with Crippen LogP contribution in [0.25, 0.3) is 0 Å². The third kappa shape index (κ3) is 6.03. The first kappa shape index (κ1) is 19.9. The molecule has 2 unspecified atom stereocenters. The van der Waals surface area contributed by atoms with Gasteiger partial charge in [-0.25, -0.2) is 14.6 Å². The number of esters is 1. The topological polar surface area (TPSA) is 111 Å². The molecule has 9 heteroatoms. The molecule has 0 saturated carbocycles. The Hall–Kier alpha value is -1.11. The molecule has 0 fully saturated rings. The van der Waals surface area contributed by atoms with E-state index in [0.717, 1.165) is 4.67 Å². The first-order valence-corrected chi connectivity index (χ1v) is 8.89. The number of amides is 1. The monoisotopic (exact) mass is 323 g/mol. The fourth-order valence-corrected chi connectivity index (χ4v) is 4.09. The van der Waals surface area contributed by atoms with Crippen molar-refractivity contribution in [3.63, 3.8) is 0 Å². The second kappa shape index (κ2) is 9.76. The summed E-state index contributed by atoms with van der Waals surface area (Å²) in [5.41, 5.74) is 5.48. The molecule has 0 aromatic rings. The Kier molecular flexibility index (Phi) is 9.24. The van der Waals surface area contributed by atoms with E-state index >= 15 is 0 Å². The first-order chi connectivity index (χ1) is 9.86. The Balaban J connectivity index is 5.16. The van der Waals surface area contributed by atoms with Crippen LogP contribution in [0.5, 0.6) is 0 Å². The molecular weight excluding hydrogens is 297 g/mol. The molecule has 0 aliphatic heterocycles. The molecule has 21 heavy (non-hydrogen) atoms. The summed E-state index contributed by atoms with van der Waals surface area (Å²) in [6.45, 7) is 7.23. The minimum atomic E-state index is -3.37. The van der Waals surface area contributed by atoms with Crippen molar-refractivity contribution >= 4 is 19.5 Å². The van der Waals surface area contributed by atoms with Crippen LogP contribution in [0.15, 0.2) is 0 Å². The van der Waals surface area contributed by atoms with Gasteiger partial charge in [0.25, 0.3) is 0 Å². The van der Waals surface area contributed by atoms with Crippen molar-refractivity contribution in [1.82, 2.24) is 9.76 Å². The number of hydrogen-bond donors (Lipinski definition) is 2. The number of nitrogens with two attached hydrogens (primary N) is 1. The van der Waals surface area contributed by atoms with Crippen molar-refractivity contribution in [2.24, 2.45) is 5.73 Å². The van der Waals surface area contributed by atoms with Gasteiger partial charge in [0, 0.05) is 19.3 Å². The molecule has 0 saturated heterocycles. The number of ether oxygens (including phenoxy) is 2. The maximum Gasteiger partial charge on any atom is 0.416 e. The van der Waals surface area contributed by atoms with Gasteiger partial charge in [0.05, 0.1) is 13.2 Å². The van der Waals surface area contributed by atoms with E-state index in [1.165, 1.54) is 6.92 Å². The molecule has 0 rings (SSSR count). The normalized spacial score (nSPS) is 14.9. The molecule has 0 spiro atoms. The zero-order chi connectivity index (χ0) is 16.5. The summed E-state index contributed by atoms with van der Waals surface area (Å²) in [4.78, 5) is 23.6. The lowest BCUT2D eigenvalue weighted by atomic mass is 10.4. The van der Waals surface area contributed by atoms with E-state index in [1.54, 1.807) is 20.8 Å². The van der Waals surface area contributed by atoms with Crippen LogP contribution in [0.2, 0.25) is 0 Å². The fraction of sp³-hybridized carbons (Fsp3) is 0.833. The summed E-state index contributed by atoms with van der Waals surface area (Å²) in [5, 5.41) is 2.70. The van der Waals surface area contributed by atoms with Crippen LogP contribution in [-0.4, -0.2) is 55.2 Å². The van der Waals surface area contributed by atoms with E-state index in [4.69, 9.17) is 15.2 Å². The highest BCUT2D eigenvalue weighted by molar-refractivity contribution is 7.60. The molecule has 0 aromatic carbocycles. The summed E-state index contributed by atoms with van der Waals surface area (Å²) in [6, 6.07) is -0.814. The van der Waals surface area contributed by atoms with Crippen LogP contribution in [0.1, 0.15) is 27.7 Å². The molecule has 0 radical (unpaired) electrons. The Morgan fingerprint density at radius 1 is 1.24 bits per heavy atom. The van der Waals surface area contributed by atoms with Crippen molar-refractivity contribution in [3.8, 4) is 0 Å². The predicted octanol–water partition coefficient (Wildman–Crippen LogP) is 1.16. The van der Waals surface area contributed by atoms with Gasteiger partial charge in [-0.1, -0.05) is 0 Å². The Morgan fingerprint density at radius 3 is 2.24 bits per heavy atom. The molecule has 1 amide bonds. The van der Waals surface area contributed by atoms with Gasteiger partial charge in [0.2, 0.25) is 7.44 Å². The van der Waals surface area contributed by atoms with E-state index in [0.29, 0.717) is 0 Å². The number of rotatable bonds is 9. The summed E-state index contributed by atoms with van der Waals surface area (Å²) in [7, 11) is -3.37. The first-order valence-electron chi connectivity index (χ1n) is 7.04. The van der Waals surface area contributed by atoms with Gasteiger partial charge >= 0.3 is 12.1 Å². The molecule has 8 nitrogen and oxygen atoms in total. The maximum absolute atomic E-state index is 13.0. The van der Waals surface area contributed by atoms with E-state index in [-0.39, 0.29) is 32.5 Å². The van der Waals surface area contributed by atoms with E-state index in [2.05, 4.69) is 5.09 Å². The smallest absolute Gasteiger partial charge is 0.416 e. The van der Waals surface area contributed by atoms with E-state index in [1.807, 2.05) is 0 Å². The molecular formula is C12H26N3O5P. The van der Waals surface area contributed by atoms with Gasteiger partial charge < -0.3 is 15.2 Å². The summed E-state index contributed by atoms with van der Waals surface area (Å²) in [5.74, 6) is -0.533. The minimum Gasteiger partial charge on any atom is -0.465 e. The van der Waals surface area contributed by atoms with Crippen LogP contribution in [0.3, 0.4) is 0 Å². The number of nitrogens with one attached hydrogen (secondary N) is 1. The van der Waals surface area contributed by atoms with Crippen LogP contribution >= 0.6 is 7.44 Å². The van der Waals surface area contributed by atoms with Crippen LogP contribution in [0, 0.1) is 0 Å². The largest absolute Gasteiger partial charge is 0.465 e. The second-order valence-electron chi connectivity index (χ2n) is 4.23. The van der Waals surface area contributed by atoms with Crippen molar-refractivity contribution in [3.05, 3.63) is 0 Å². The van der Waals surface area contributed by atoms with Gasteiger partial charge in [-0.15, -0.1) is 0 Å². The third-order valence-electron chi connectivity index (χ3n) is 2.64. The average Bonchev–Trinajstić information content (AvgIpc) is 2.39. The number of carbonyl (C=O) groups excluding carboxylic acids is 2. The van der Waals surface area contributed by atoms with Gasteiger partial charge in [-0.05, 0) is 27.7 Å². The predicted molar refractivity (Wildman–Crippen MR) is 80.2 cm³/mol. The Bertz CT molecular complexity index is 391. The lowest BCUT2D eigenvalue weighted by molar-refractivity contribution is -0.144. The molecule has 124 valence electrons. The molecule has 0 heterocycles. The van der Waals surface area contributed by atoms with Crippen molar-refractivity contribution in [2.75, 3.05) is 32.5 Å². The lowest BCUT2D eigenvalue weighted by Gasteiger charge is -2.31. The molecule has 0 aliphatic carbocycles. The highest BCUT2D eigenvalue weighted by Crippen LogP contribution is 2.45. The quantitative estimate of drug-likeness (QED) is 0.484. The number of nitrogens with zero attached hydrogens (tertiary/aromatic N) is 1. The zero-order valence-corrected chi connectivity index (χ0v) is 14.0. The molecule has 0 aliphatic rings. The summed E-state index contributed by atoms with van der Waals surface area (Å²) < 4.78 is 23.9. The molecule has 0 bridgehead atoms.